The highest BCUT2D eigenvalue weighted by molar-refractivity contribution is 9.10. The summed E-state index contributed by atoms with van der Waals surface area (Å²) in [4.78, 5) is 3.98. The predicted octanol–water partition coefficient (Wildman–Crippen LogP) is 2.70. The van der Waals surface area contributed by atoms with Crippen molar-refractivity contribution in [1.29, 1.82) is 0 Å². The number of thiophene rings is 1. The Balaban J connectivity index is 1.63. The molecule has 0 aromatic carbocycles. The molecule has 1 unspecified atom stereocenters. The quantitative estimate of drug-likeness (QED) is 0.922. The number of likely N-dealkylation sites (tertiary alicyclic amines) is 1. The lowest BCUT2D eigenvalue weighted by Crippen LogP contribution is -2.28. The van der Waals surface area contributed by atoms with E-state index in [1.165, 1.54) is 43.9 Å². The first-order chi connectivity index (χ1) is 8.71. The molecular weight excluding hydrogens is 312 g/mol. The molecule has 1 aromatic rings. The van der Waals surface area contributed by atoms with E-state index in [0.29, 0.717) is 5.41 Å². The van der Waals surface area contributed by atoms with Crippen LogP contribution in [0, 0.1) is 5.41 Å². The molecule has 3 rings (SSSR count). The Labute approximate surface area is 121 Å². The Morgan fingerprint density at radius 2 is 2.44 bits per heavy atom. The van der Waals surface area contributed by atoms with Crippen LogP contribution >= 0.6 is 27.3 Å². The molecule has 0 bridgehead atoms. The summed E-state index contributed by atoms with van der Waals surface area (Å²) in [6.07, 6.45) is 2.70. The van der Waals surface area contributed by atoms with Crippen LogP contribution in [0.3, 0.4) is 0 Å². The highest BCUT2D eigenvalue weighted by atomic mass is 79.9. The van der Waals surface area contributed by atoms with Gasteiger partial charge >= 0.3 is 0 Å². The van der Waals surface area contributed by atoms with Crippen LogP contribution in [0.2, 0.25) is 0 Å². The van der Waals surface area contributed by atoms with Gasteiger partial charge in [-0.3, -0.25) is 4.90 Å². The van der Waals surface area contributed by atoms with Crippen molar-refractivity contribution in [2.75, 3.05) is 33.3 Å². The maximum Gasteiger partial charge on any atom is 0.188 e. The Morgan fingerprint density at radius 1 is 1.56 bits per heavy atom. The summed E-state index contributed by atoms with van der Waals surface area (Å²) in [7, 11) is 1.73. The summed E-state index contributed by atoms with van der Waals surface area (Å²) in [5, 5.41) is 4.50. The highest BCUT2D eigenvalue weighted by Crippen LogP contribution is 2.39. The molecule has 2 aliphatic heterocycles. The van der Waals surface area contributed by atoms with Gasteiger partial charge in [-0.1, -0.05) is 0 Å². The SMILES string of the molecule is COc1sc(CN2CCC3(CCNC3)C2)cc1Br. The molecule has 0 saturated carbocycles. The summed E-state index contributed by atoms with van der Waals surface area (Å²) in [5.74, 6) is 0. The summed E-state index contributed by atoms with van der Waals surface area (Å²) >= 11 is 5.29. The van der Waals surface area contributed by atoms with Gasteiger partial charge in [0, 0.05) is 24.5 Å². The van der Waals surface area contributed by atoms with Crippen molar-refractivity contribution in [2.24, 2.45) is 5.41 Å². The van der Waals surface area contributed by atoms with Crippen LogP contribution in [-0.2, 0) is 6.54 Å². The van der Waals surface area contributed by atoms with E-state index >= 15 is 0 Å². The topological polar surface area (TPSA) is 24.5 Å². The van der Waals surface area contributed by atoms with Crippen molar-refractivity contribution >= 4 is 27.3 Å². The Bertz CT molecular complexity index is 429. The zero-order valence-electron chi connectivity index (χ0n) is 10.7. The van der Waals surface area contributed by atoms with Gasteiger partial charge < -0.3 is 10.1 Å². The second-order valence-electron chi connectivity index (χ2n) is 5.44. The van der Waals surface area contributed by atoms with Crippen LogP contribution in [-0.4, -0.2) is 38.2 Å². The predicted molar refractivity (Wildman–Crippen MR) is 78.4 cm³/mol. The minimum Gasteiger partial charge on any atom is -0.486 e. The molecule has 18 heavy (non-hydrogen) atoms. The first-order valence-electron chi connectivity index (χ1n) is 6.46. The first-order valence-corrected chi connectivity index (χ1v) is 8.07. The molecule has 100 valence electrons. The maximum atomic E-state index is 5.33. The second kappa shape index (κ2) is 5.12. The van der Waals surface area contributed by atoms with Crippen LogP contribution in [0.25, 0.3) is 0 Å². The molecule has 1 atom stereocenters. The molecule has 1 aromatic heterocycles. The summed E-state index contributed by atoms with van der Waals surface area (Å²) in [6, 6.07) is 2.20. The van der Waals surface area contributed by atoms with Gasteiger partial charge in [-0.15, -0.1) is 11.3 Å². The molecule has 1 spiro atoms. The Hall–Kier alpha value is -0.100. The van der Waals surface area contributed by atoms with Crippen molar-refractivity contribution < 1.29 is 4.74 Å². The molecule has 1 N–H and O–H groups in total. The van der Waals surface area contributed by atoms with Gasteiger partial charge in [-0.25, -0.2) is 0 Å². The molecular formula is C13H19BrN2OS. The fourth-order valence-corrected chi connectivity index (χ4v) is 4.88. The zero-order chi connectivity index (χ0) is 12.6. The van der Waals surface area contributed by atoms with Gasteiger partial charge in [0.15, 0.2) is 5.06 Å². The van der Waals surface area contributed by atoms with E-state index in [4.69, 9.17) is 4.74 Å². The maximum absolute atomic E-state index is 5.33. The van der Waals surface area contributed by atoms with E-state index in [1.807, 2.05) is 0 Å². The highest BCUT2D eigenvalue weighted by Gasteiger charge is 2.40. The Kier molecular flexibility index (Phi) is 3.67. The van der Waals surface area contributed by atoms with Crippen molar-refractivity contribution in [3.8, 4) is 5.06 Å². The molecule has 0 amide bonds. The summed E-state index contributed by atoms with van der Waals surface area (Å²) in [5.41, 5.74) is 0.568. The number of ether oxygens (including phenoxy) is 1. The average Bonchev–Trinajstić information content (AvgIpc) is 3.04. The van der Waals surface area contributed by atoms with Crippen LogP contribution in [0.4, 0.5) is 0 Å². The van der Waals surface area contributed by atoms with Gasteiger partial charge in [-0.2, -0.15) is 0 Å². The third kappa shape index (κ3) is 2.46. The van der Waals surface area contributed by atoms with E-state index in [2.05, 4.69) is 32.2 Å². The first kappa shape index (κ1) is 12.9. The van der Waals surface area contributed by atoms with E-state index in [0.717, 1.165) is 16.1 Å². The number of rotatable bonds is 3. The van der Waals surface area contributed by atoms with E-state index in [-0.39, 0.29) is 0 Å². The summed E-state index contributed by atoms with van der Waals surface area (Å²) in [6.45, 7) is 5.96. The molecule has 3 heterocycles. The number of nitrogens with one attached hydrogen (secondary N) is 1. The molecule has 2 aliphatic rings. The molecule has 2 fully saturated rings. The third-order valence-electron chi connectivity index (χ3n) is 4.12. The van der Waals surface area contributed by atoms with Gasteiger partial charge in [0.1, 0.15) is 0 Å². The standard InChI is InChI=1S/C13H19BrN2OS/c1-17-12-11(14)6-10(18-12)7-16-5-3-13(9-16)2-4-15-8-13/h6,15H,2-5,7-9H2,1H3. The van der Waals surface area contributed by atoms with Crippen molar-refractivity contribution in [2.45, 2.75) is 19.4 Å². The van der Waals surface area contributed by atoms with Gasteiger partial charge in [0.25, 0.3) is 0 Å². The van der Waals surface area contributed by atoms with Crippen LogP contribution < -0.4 is 10.1 Å². The van der Waals surface area contributed by atoms with Crippen molar-refractivity contribution in [3.05, 3.63) is 15.4 Å². The molecule has 3 nitrogen and oxygen atoms in total. The molecule has 2 saturated heterocycles. The van der Waals surface area contributed by atoms with E-state index < -0.39 is 0 Å². The van der Waals surface area contributed by atoms with Crippen molar-refractivity contribution in [3.63, 3.8) is 0 Å². The van der Waals surface area contributed by atoms with E-state index in [1.54, 1.807) is 18.4 Å². The zero-order valence-corrected chi connectivity index (χ0v) is 13.1. The molecule has 0 radical (unpaired) electrons. The largest absolute Gasteiger partial charge is 0.486 e. The van der Waals surface area contributed by atoms with Crippen LogP contribution in [0.1, 0.15) is 17.7 Å². The number of methoxy groups -OCH3 is 1. The Morgan fingerprint density at radius 3 is 3.11 bits per heavy atom. The fourth-order valence-electron chi connectivity index (χ4n) is 3.14. The van der Waals surface area contributed by atoms with Crippen molar-refractivity contribution in [1.82, 2.24) is 10.2 Å². The van der Waals surface area contributed by atoms with Crippen LogP contribution in [0.5, 0.6) is 5.06 Å². The monoisotopic (exact) mass is 330 g/mol. The van der Waals surface area contributed by atoms with E-state index in [9.17, 15) is 0 Å². The lowest BCUT2D eigenvalue weighted by molar-refractivity contribution is 0.270. The molecule has 5 heteroatoms. The summed E-state index contributed by atoms with van der Waals surface area (Å²) < 4.78 is 6.41. The normalized spacial score (nSPS) is 28.3. The second-order valence-corrected chi connectivity index (χ2v) is 7.39. The van der Waals surface area contributed by atoms with Gasteiger partial charge in [0.05, 0.1) is 11.6 Å². The average molecular weight is 331 g/mol. The number of hydrogen-bond donors (Lipinski definition) is 1. The lowest BCUT2D eigenvalue weighted by atomic mass is 9.87. The number of hydrogen-bond acceptors (Lipinski definition) is 4. The molecule has 0 aliphatic carbocycles. The minimum atomic E-state index is 0.568. The fraction of sp³-hybridized carbons (Fsp3) is 0.692. The third-order valence-corrected chi connectivity index (χ3v) is 6.05. The lowest BCUT2D eigenvalue weighted by Gasteiger charge is -2.22. The van der Waals surface area contributed by atoms with Gasteiger partial charge in [-0.05, 0) is 53.3 Å². The number of nitrogens with zero attached hydrogens (tertiary/aromatic N) is 1. The number of halogens is 1. The van der Waals surface area contributed by atoms with Crippen LogP contribution in [0.15, 0.2) is 10.5 Å². The minimum absolute atomic E-state index is 0.568. The van der Waals surface area contributed by atoms with Gasteiger partial charge in [0.2, 0.25) is 0 Å². The smallest absolute Gasteiger partial charge is 0.188 e.